The quantitative estimate of drug-likeness (QED) is 0.373. The lowest BCUT2D eigenvalue weighted by Crippen LogP contribution is -2.34. The molecule has 0 saturated carbocycles. The fraction of sp³-hybridized carbons (Fsp3) is 0.389. The molecule has 0 spiro atoms. The Morgan fingerprint density at radius 2 is 2.08 bits per heavy atom. The van der Waals surface area contributed by atoms with Crippen molar-refractivity contribution in [1.82, 2.24) is 4.90 Å². The number of esters is 1. The number of thioether (sulfide) groups is 1. The second-order valence-corrected chi connectivity index (χ2v) is 6.89. The van der Waals surface area contributed by atoms with Crippen LogP contribution in [0.2, 0.25) is 5.02 Å². The number of halogens is 1. The van der Waals surface area contributed by atoms with Gasteiger partial charge in [-0.1, -0.05) is 24.9 Å². The Morgan fingerprint density at radius 1 is 1.31 bits per heavy atom. The van der Waals surface area contributed by atoms with E-state index in [0.29, 0.717) is 22.9 Å². The molecule has 26 heavy (non-hydrogen) atoms. The lowest BCUT2D eigenvalue weighted by atomic mass is 10.2. The molecule has 0 aliphatic carbocycles. The van der Waals surface area contributed by atoms with Crippen LogP contribution in [0.25, 0.3) is 6.08 Å². The minimum Gasteiger partial charge on any atom is -0.493 e. The number of amides is 2. The molecule has 1 fully saturated rings. The Labute approximate surface area is 161 Å². The van der Waals surface area contributed by atoms with Crippen LogP contribution in [0.4, 0.5) is 4.79 Å². The van der Waals surface area contributed by atoms with Gasteiger partial charge in [-0.15, -0.1) is 0 Å². The maximum atomic E-state index is 12.5. The molecule has 0 unspecified atom stereocenters. The van der Waals surface area contributed by atoms with Crippen molar-refractivity contribution in [3.05, 3.63) is 33.7 Å². The molecule has 0 atom stereocenters. The van der Waals surface area contributed by atoms with Crippen LogP contribution in [0.15, 0.2) is 23.1 Å². The molecule has 1 aromatic rings. The molecular weight excluding hydrogens is 378 g/mol. The molecule has 2 rings (SSSR count). The smallest absolute Gasteiger partial charge is 0.326 e. The highest BCUT2D eigenvalue weighted by Gasteiger charge is 2.36. The van der Waals surface area contributed by atoms with Gasteiger partial charge in [-0.2, -0.15) is 0 Å². The third kappa shape index (κ3) is 5.25. The highest BCUT2D eigenvalue weighted by Crippen LogP contribution is 2.34. The molecule has 6 nitrogen and oxygen atoms in total. The molecule has 8 heteroatoms. The summed E-state index contributed by atoms with van der Waals surface area (Å²) < 4.78 is 10.5. The number of carbonyl (C=O) groups is 3. The van der Waals surface area contributed by atoms with Gasteiger partial charge in [-0.05, 0) is 49.4 Å². The zero-order chi connectivity index (χ0) is 19.1. The van der Waals surface area contributed by atoms with Crippen molar-refractivity contribution >= 4 is 46.6 Å². The van der Waals surface area contributed by atoms with Crippen LogP contribution in [0, 0.1) is 0 Å². The van der Waals surface area contributed by atoms with E-state index in [9.17, 15) is 14.4 Å². The topological polar surface area (TPSA) is 72.9 Å². The highest BCUT2D eigenvalue weighted by molar-refractivity contribution is 8.18. The van der Waals surface area contributed by atoms with Crippen LogP contribution in [-0.2, 0) is 14.3 Å². The number of hydrogen-bond acceptors (Lipinski definition) is 6. The van der Waals surface area contributed by atoms with Crippen LogP contribution >= 0.6 is 23.4 Å². The molecule has 0 bridgehead atoms. The van der Waals surface area contributed by atoms with Gasteiger partial charge < -0.3 is 9.47 Å². The third-order valence-electron chi connectivity index (χ3n) is 3.48. The number of ether oxygens (including phenoxy) is 2. The van der Waals surface area contributed by atoms with Gasteiger partial charge in [0.15, 0.2) is 0 Å². The molecule has 1 aliphatic heterocycles. The van der Waals surface area contributed by atoms with E-state index < -0.39 is 17.1 Å². The Bertz CT molecular complexity index is 734. The molecule has 140 valence electrons. The van der Waals surface area contributed by atoms with Gasteiger partial charge in [0.05, 0.1) is 18.1 Å². The summed E-state index contributed by atoms with van der Waals surface area (Å²) in [5.74, 6) is -0.572. The van der Waals surface area contributed by atoms with Gasteiger partial charge in [0.2, 0.25) is 0 Å². The molecule has 1 heterocycles. The predicted molar refractivity (Wildman–Crippen MR) is 101 cm³/mol. The van der Waals surface area contributed by atoms with Crippen molar-refractivity contribution in [3.63, 3.8) is 0 Å². The molecule has 1 saturated heterocycles. The number of carbonyl (C=O) groups excluding carboxylic acids is 3. The van der Waals surface area contributed by atoms with Gasteiger partial charge in [0.1, 0.15) is 12.3 Å². The van der Waals surface area contributed by atoms with E-state index in [1.54, 1.807) is 24.3 Å². The SMILES string of the molecule is CCCCOC(=O)CN1C(=O)S/C(=C/c2cc(Cl)ccc2OCC)C1=O. The first kappa shape index (κ1) is 20.3. The lowest BCUT2D eigenvalue weighted by molar-refractivity contribution is -0.146. The highest BCUT2D eigenvalue weighted by atomic mass is 35.5. The van der Waals surface area contributed by atoms with Crippen molar-refractivity contribution < 1.29 is 23.9 Å². The van der Waals surface area contributed by atoms with Gasteiger partial charge in [0.25, 0.3) is 11.1 Å². The first-order chi connectivity index (χ1) is 12.5. The third-order valence-corrected chi connectivity index (χ3v) is 4.62. The maximum absolute atomic E-state index is 12.5. The minimum atomic E-state index is -0.597. The van der Waals surface area contributed by atoms with Gasteiger partial charge >= 0.3 is 5.97 Å². The van der Waals surface area contributed by atoms with E-state index in [0.717, 1.165) is 29.5 Å². The van der Waals surface area contributed by atoms with E-state index in [2.05, 4.69) is 0 Å². The molecule has 2 amide bonds. The van der Waals surface area contributed by atoms with Crippen molar-refractivity contribution in [2.45, 2.75) is 26.7 Å². The second kappa shape index (κ2) is 9.64. The average Bonchev–Trinajstić information content (AvgIpc) is 2.85. The zero-order valence-corrected chi connectivity index (χ0v) is 16.2. The lowest BCUT2D eigenvalue weighted by Gasteiger charge is -2.11. The largest absolute Gasteiger partial charge is 0.493 e. The van der Waals surface area contributed by atoms with Crippen LogP contribution in [0.5, 0.6) is 5.75 Å². The summed E-state index contributed by atoms with van der Waals surface area (Å²) in [6.07, 6.45) is 3.17. The molecule has 0 N–H and O–H groups in total. The summed E-state index contributed by atoms with van der Waals surface area (Å²) >= 11 is 6.78. The summed E-state index contributed by atoms with van der Waals surface area (Å²) in [4.78, 5) is 37.4. The molecule has 1 aliphatic rings. The standard InChI is InChI=1S/C18H20ClNO5S/c1-3-5-8-25-16(21)11-20-17(22)15(26-18(20)23)10-12-9-13(19)6-7-14(12)24-4-2/h6-7,9-10H,3-5,8,11H2,1-2H3/b15-10+. The number of unbranched alkanes of at least 4 members (excludes halogenated alkanes) is 1. The summed E-state index contributed by atoms with van der Waals surface area (Å²) in [6, 6.07) is 5.04. The minimum absolute atomic E-state index is 0.208. The number of rotatable bonds is 8. The Hall–Kier alpha value is -1.99. The molecular formula is C18H20ClNO5S. The van der Waals surface area contributed by atoms with Gasteiger partial charge in [-0.25, -0.2) is 0 Å². The summed E-state index contributed by atoms with van der Waals surface area (Å²) in [7, 11) is 0. The first-order valence-electron chi connectivity index (χ1n) is 8.29. The van der Waals surface area contributed by atoms with E-state index in [-0.39, 0.29) is 18.1 Å². The number of benzene rings is 1. The Kier molecular flexibility index (Phi) is 7.53. The monoisotopic (exact) mass is 397 g/mol. The van der Waals surface area contributed by atoms with Crippen LogP contribution in [0.3, 0.4) is 0 Å². The van der Waals surface area contributed by atoms with E-state index in [4.69, 9.17) is 21.1 Å². The molecule has 0 aromatic heterocycles. The van der Waals surface area contributed by atoms with Crippen molar-refractivity contribution in [2.75, 3.05) is 19.8 Å². The van der Waals surface area contributed by atoms with Gasteiger partial charge in [0, 0.05) is 10.6 Å². The van der Waals surface area contributed by atoms with Crippen LogP contribution in [0.1, 0.15) is 32.3 Å². The fourth-order valence-corrected chi connectivity index (χ4v) is 3.21. The first-order valence-corrected chi connectivity index (χ1v) is 9.49. The number of imide groups is 1. The van der Waals surface area contributed by atoms with E-state index in [1.165, 1.54) is 0 Å². The number of nitrogens with zero attached hydrogens (tertiary/aromatic N) is 1. The van der Waals surface area contributed by atoms with E-state index in [1.807, 2.05) is 13.8 Å². The van der Waals surface area contributed by atoms with Crippen molar-refractivity contribution in [3.8, 4) is 5.75 Å². The maximum Gasteiger partial charge on any atom is 0.326 e. The summed E-state index contributed by atoms with van der Waals surface area (Å²) in [5, 5.41) is -0.0212. The Balaban J connectivity index is 2.14. The van der Waals surface area contributed by atoms with Crippen LogP contribution in [-0.4, -0.2) is 41.8 Å². The van der Waals surface area contributed by atoms with E-state index >= 15 is 0 Å². The van der Waals surface area contributed by atoms with Crippen LogP contribution < -0.4 is 4.74 Å². The van der Waals surface area contributed by atoms with Gasteiger partial charge in [-0.3, -0.25) is 19.3 Å². The predicted octanol–water partition coefficient (Wildman–Crippen LogP) is 4.12. The summed E-state index contributed by atoms with van der Waals surface area (Å²) in [5.41, 5.74) is 0.593. The molecule has 1 aromatic carbocycles. The average molecular weight is 398 g/mol. The van der Waals surface area contributed by atoms with Crippen molar-refractivity contribution in [2.24, 2.45) is 0 Å². The normalized spacial score (nSPS) is 15.7. The molecule has 0 radical (unpaired) electrons. The fourth-order valence-electron chi connectivity index (χ4n) is 2.20. The summed E-state index contributed by atoms with van der Waals surface area (Å²) in [6.45, 7) is 4.16. The number of hydrogen-bond donors (Lipinski definition) is 0. The Morgan fingerprint density at radius 3 is 2.77 bits per heavy atom. The zero-order valence-electron chi connectivity index (χ0n) is 14.6. The van der Waals surface area contributed by atoms with Crippen molar-refractivity contribution in [1.29, 1.82) is 0 Å². The second-order valence-electron chi connectivity index (χ2n) is 5.46.